The van der Waals surface area contributed by atoms with Gasteiger partial charge in [-0.25, -0.2) is 4.79 Å². The second-order valence-corrected chi connectivity index (χ2v) is 17.7. The molecule has 4 amide bonds. The maximum absolute atomic E-state index is 14.5. The van der Waals surface area contributed by atoms with Crippen molar-refractivity contribution in [2.75, 3.05) is 48.5 Å². The van der Waals surface area contributed by atoms with Gasteiger partial charge in [0.15, 0.2) is 0 Å². The van der Waals surface area contributed by atoms with Crippen LogP contribution < -0.4 is 10.6 Å². The summed E-state index contributed by atoms with van der Waals surface area (Å²) >= 11 is 0. The number of methoxy groups -OCH3 is 3. The highest BCUT2D eigenvalue weighted by Gasteiger charge is 2.43. The van der Waals surface area contributed by atoms with Gasteiger partial charge in [-0.1, -0.05) is 97.4 Å². The van der Waals surface area contributed by atoms with Gasteiger partial charge >= 0.3 is 5.97 Å². The van der Waals surface area contributed by atoms with Crippen molar-refractivity contribution < 1.29 is 43.3 Å². The Morgan fingerprint density at radius 3 is 2.03 bits per heavy atom. The van der Waals surface area contributed by atoms with Gasteiger partial charge in [0, 0.05) is 40.8 Å². The molecule has 0 aromatic heterocycles. The van der Waals surface area contributed by atoms with Gasteiger partial charge in [0.05, 0.1) is 49.8 Å². The molecule has 3 N–H and O–H groups in total. The van der Waals surface area contributed by atoms with Crippen LogP contribution in [0.25, 0.3) is 0 Å². The fourth-order valence-corrected chi connectivity index (χ4v) is 8.89. The van der Waals surface area contributed by atoms with Gasteiger partial charge in [-0.15, -0.1) is 0 Å². The normalized spacial score (nSPS) is 18.0. The molecule has 1 aliphatic rings. The minimum atomic E-state index is -0.903. The zero-order chi connectivity index (χ0) is 46.3. The first-order valence-corrected chi connectivity index (χ1v) is 22.2. The van der Waals surface area contributed by atoms with Gasteiger partial charge in [0.1, 0.15) is 17.8 Å². The summed E-state index contributed by atoms with van der Waals surface area (Å²) in [5, 5.41) is 15.6. The number of aromatic hydroxyl groups is 1. The van der Waals surface area contributed by atoms with Crippen LogP contribution in [0.1, 0.15) is 85.3 Å². The van der Waals surface area contributed by atoms with Gasteiger partial charge in [-0.3, -0.25) is 24.1 Å². The Kier molecular flexibility index (Phi) is 20.8. The maximum Gasteiger partial charge on any atom is 0.328 e. The number of nitrogens with one attached hydrogen (secondary N) is 2. The number of phenols is 1. The van der Waals surface area contributed by atoms with E-state index in [0.717, 1.165) is 11.1 Å². The fraction of sp³-hybridized carbons (Fsp3) is 0.646. The van der Waals surface area contributed by atoms with Crippen LogP contribution in [0.4, 0.5) is 0 Å². The summed E-state index contributed by atoms with van der Waals surface area (Å²) in [6.07, 6.45) is 1.63. The summed E-state index contributed by atoms with van der Waals surface area (Å²) in [4.78, 5) is 74.8. The van der Waals surface area contributed by atoms with E-state index in [4.69, 9.17) is 14.2 Å². The minimum absolute atomic E-state index is 0.0158. The third-order valence-electron chi connectivity index (χ3n) is 12.6. The third-order valence-corrected chi connectivity index (χ3v) is 12.6. The lowest BCUT2D eigenvalue weighted by Crippen LogP contribution is -2.60. The smallest absolute Gasteiger partial charge is 0.328 e. The molecule has 1 aliphatic heterocycles. The molecule has 3 rings (SSSR count). The molecule has 0 radical (unpaired) electrons. The molecule has 1 unspecified atom stereocenters. The predicted octanol–water partition coefficient (Wildman–Crippen LogP) is 4.85. The molecule has 14 heteroatoms. The first-order valence-electron chi connectivity index (χ1n) is 22.2. The standard InChI is InChI=1S/C48H75N5O9/c1-13-32(6)43(52(9)47(58)41(30(2)3)50-46(57)42(31(4)5)51(8)27-25-34-21-23-36(54)24-22-34)39(60-10)29-40(55)53-26-17-20-38(53)44(61-11)33(7)45(56)49-37(48(59)62-12)28-35-18-15-14-16-19-35/h14-16,18-19,21-24,30-33,37-39,41-44,54H,13,17,20,25-29H2,1-12H3,(H,49,56)(H,50,57)/t32-,33+,37-,38-,39+,41-,42?,43-,44+/m0/s1. The molecule has 1 fully saturated rings. The van der Waals surface area contributed by atoms with E-state index in [0.29, 0.717) is 38.8 Å². The van der Waals surface area contributed by atoms with E-state index >= 15 is 0 Å². The van der Waals surface area contributed by atoms with Crippen LogP contribution >= 0.6 is 0 Å². The Bertz CT molecular complexity index is 1720. The highest BCUT2D eigenvalue weighted by Crippen LogP contribution is 2.30. The van der Waals surface area contributed by atoms with Crippen LogP contribution in [0.15, 0.2) is 54.6 Å². The fourth-order valence-electron chi connectivity index (χ4n) is 8.89. The molecule has 62 heavy (non-hydrogen) atoms. The zero-order valence-electron chi connectivity index (χ0n) is 39.3. The molecular formula is C48H75N5O9. The van der Waals surface area contributed by atoms with Crippen molar-refractivity contribution in [2.24, 2.45) is 23.7 Å². The molecule has 9 atom stereocenters. The number of benzene rings is 2. The van der Waals surface area contributed by atoms with Crippen molar-refractivity contribution in [1.82, 2.24) is 25.3 Å². The number of ether oxygens (including phenoxy) is 3. The minimum Gasteiger partial charge on any atom is -0.508 e. The van der Waals surface area contributed by atoms with Gasteiger partial charge in [0.2, 0.25) is 23.6 Å². The molecule has 0 saturated carbocycles. The number of nitrogens with zero attached hydrogens (tertiary/aromatic N) is 3. The molecule has 0 aliphatic carbocycles. The summed E-state index contributed by atoms with van der Waals surface area (Å²) in [5.41, 5.74) is 1.91. The SMILES string of the molecule is CC[C@H](C)[C@@H]([C@@H](CC(=O)N1CCC[C@H]1[C@H](OC)[C@@H](C)C(=O)N[C@@H](Cc1ccccc1)C(=O)OC)OC)N(C)C(=O)[C@@H](NC(=O)C(C(C)C)N(C)CCc1ccc(O)cc1)C(C)C. The number of likely N-dealkylation sites (N-methyl/N-ethyl adjacent to an activating group) is 2. The van der Waals surface area contributed by atoms with Crippen molar-refractivity contribution >= 4 is 29.6 Å². The van der Waals surface area contributed by atoms with Crippen molar-refractivity contribution in [3.63, 3.8) is 0 Å². The highest BCUT2D eigenvalue weighted by atomic mass is 16.5. The highest BCUT2D eigenvalue weighted by molar-refractivity contribution is 5.90. The monoisotopic (exact) mass is 866 g/mol. The van der Waals surface area contributed by atoms with Crippen LogP contribution in [0.5, 0.6) is 5.75 Å². The van der Waals surface area contributed by atoms with E-state index in [1.54, 1.807) is 43.0 Å². The number of carbonyl (C=O) groups is 5. The molecule has 346 valence electrons. The summed E-state index contributed by atoms with van der Waals surface area (Å²) in [5.74, 6) is -2.48. The maximum atomic E-state index is 14.5. The van der Waals surface area contributed by atoms with Crippen LogP contribution in [-0.4, -0.2) is 140 Å². The number of likely N-dealkylation sites (tertiary alicyclic amines) is 1. The molecule has 1 heterocycles. The Labute approximate surface area is 370 Å². The van der Waals surface area contributed by atoms with Gasteiger partial charge in [0.25, 0.3) is 0 Å². The lowest BCUT2D eigenvalue weighted by atomic mass is 9.89. The van der Waals surface area contributed by atoms with E-state index in [-0.39, 0.29) is 60.0 Å². The van der Waals surface area contributed by atoms with Crippen LogP contribution in [-0.2, 0) is 51.0 Å². The molecular weight excluding hydrogens is 791 g/mol. The van der Waals surface area contributed by atoms with E-state index in [2.05, 4.69) is 10.6 Å². The van der Waals surface area contributed by atoms with E-state index in [9.17, 15) is 29.1 Å². The van der Waals surface area contributed by atoms with Crippen LogP contribution in [0, 0.1) is 23.7 Å². The number of rotatable bonds is 24. The number of hydrogen-bond acceptors (Lipinski definition) is 10. The summed E-state index contributed by atoms with van der Waals surface area (Å²) in [6.45, 7) is 14.7. The molecule has 2 aromatic rings. The zero-order valence-corrected chi connectivity index (χ0v) is 39.3. The Hall–Kier alpha value is -4.53. The van der Waals surface area contributed by atoms with Gasteiger partial charge < -0.3 is 39.8 Å². The Morgan fingerprint density at radius 1 is 0.839 bits per heavy atom. The number of amides is 4. The Balaban J connectivity index is 1.77. The van der Waals surface area contributed by atoms with Gasteiger partial charge in [-0.05, 0) is 67.3 Å². The second kappa shape index (κ2) is 24.9. The molecule has 0 bridgehead atoms. The quantitative estimate of drug-likeness (QED) is 0.124. The molecule has 1 saturated heterocycles. The molecule has 0 spiro atoms. The first kappa shape index (κ1) is 51.8. The first-order chi connectivity index (χ1) is 29.4. The topological polar surface area (TPSA) is 167 Å². The van der Waals surface area contributed by atoms with Crippen LogP contribution in [0.2, 0.25) is 0 Å². The molecule has 14 nitrogen and oxygen atoms in total. The molecule has 2 aromatic carbocycles. The third kappa shape index (κ3) is 14.0. The lowest BCUT2D eigenvalue weighted by Gasteiger charge is -2.41. The number of carbonyl (C=O) groups excluding carboxylic acids is 5. The van der Waals surface area contributed by atoms with E-state index in [1.165, 1.54) is 14.2 Å². The van der Waals surface area contributed by atoms with Crippen molar-refractivity contribution in [1.29, 1.82) is 0 Å². The number of hydrogen-bond donors (Lipinski definition) is 3. The van der Waals surface area contributed by atoms with Crippen molar-refractivity contribution in [2.45, 2.75) is 129 Å². The van der Waals surface area contributed by atoms with Crippen LogP contribution in [0.3, 0.4) is 0 Å². The van der Waals surface area contributed by atoms with Crippen molar-refractivity contribution in [3.05, 3.63) is 65.7 Å². The predicted molar refractivity (Wildman–Crippen MR) is 240 cm³/mol. The lowest BCUT2D eigenvalue weighted by molar-refractivity contribution is -0.149. The summed E-state index contributed by atoms with van der Waals surface area (Å²) in [7, 11) is 7.99. The number of esters is 1. The van der Waals surface area contributed by atoms with Crippen molar-refractivity contribution in [3.8, 4) is 5.75 Å². The Morgan fingerprint density at radius 2 is 1.48 bits per heavy atom. The number of phenolic OH excluding ortho intramolecular Hbond substituents is 1. The van der Waals surface area contributed by atoms with E-state index < -0.39 is 54.3 Å². The van der Waals surface area contributed by atoms with E-state index in [1.807, 2.05) is 96.0 Å². The average Bonchev–Trinajstić information content (AvgIpc) is 3.74. The summed E-state index contributed by atoms with van der Waals surface area (Å²) < 4.78 is 17.0. The largest absolute Gasteiger partial charge is 0.508 e. The summed E-state index contributed by atoms with van der Waals surface area (Å²) in [6, 6.07) is 13.3. The average molecular weight is 866 g/mol. The second-order valence-electron chi connectivity index (χ2n) is 17.7. The van der Waals surface area contributed by atoms with Gasteiger partial charge in [-0.2, -0.15) is 0 Å².